The zero-order chi connectivity index (χ0) is 37.7. The molecule has 0 saturated heterocycles. The number of hydrogen-bond donors (Lipinski definition) is 0. The molecule has 0 aliphatic carbocycles. The first kappa shape index (κ1) is 46.7. The summed E-state index contributed by atoms with van der Waals surface area (Å²) in [4.78, 5) is -0.271. The van der Waals surface area contributed by atoms with E-state index in [2.05, 4.69) is 13.8 Å². The minimum absolute atomic E-state index is 0. The number of unbranched alkanes of at least 4 members (excludes halogenated alkanes) is 12. The standard InChI is InChI=1S/2C21H28O4S.Ca/c2*1-2-3-4-5-6-7-9-12-18-17-20(15-16-21(18)26(22,23)24)25-19-13-10-8-11-14-19;/h2*8,10-11,13-17H,2-7,9,12H2,1H3,(H,22,23,24);/q;;+2/p-2. The van der Waals surface area contributed by atoms with E-state index in [-0.39, 0.29) is 47.5 Å². The van der Waals surface area contributed by atoms with Gasteiger partial charge in [0, 0.05) is 0 Å². The Labute approximate surface area is 348 Å². The molecule has 4 aromatic rings. The molecule has 8 nitrogen and oxygen atoms in total. The Hall–Kier alpha value is -2.44. The van der Waals surface area contributed by atoms with Gasteiger partial charge in [0.2, 0.25) is 0 Å². The smallest absolute Gasteiger partial charge is 0.744 e. The number of benzene rings is 4. The molecule has 284 valence electrons. The number of para-hydroxylation sites is 2. The molecule has 0 fully saturated rings. The van der Waals surface area contributed by atoms with Crippen molar-refractivity contribution in [3.63, 3.8) is 0 Å². The molecule has 0 heterocycles. The van der Waals surface area contributed by atoms with Crippen LogP contribution in [0.4, 0.5) is 0 Å². The van der Waals surface area contributed by atoms with Gasteiger partial charge in [0.1, 0.15) is 43.2 Å². The van der Waals surface area contributed by atoms with Crippen molar-refractivity contribution < 1.29 is 35.4 Å². The van der Waals surface area contributed by atoms with Crippen molar-refractivity contribution in [2.45, 2.75) is 126 Å². The number of aryl methyl sites for hydroxylation is 2. The van der Waals surface area contributed by atoms with Crippen molar-refractivity contribution >= 4 is 58.0 Å². The summed E-state index contributed by atoms with van der Waals surface area (Å²) in [7, 11) is -8.97. The van der Waals surface area contributed by atoms with Gasteiger partial charge in [-0.1, -0.05) is 127 Å². The average Bonchev–Trinajstić information content (AvgIpc) is 3.11. The zero-order valence-electron chi connectivity index (χ0n) is 31.3. The van der Waals surface area contributed by atoms with E-state index in [9.17, 15) is 25.9 Å². The van der Waals surface area contributed by atoms with Crippen LogP contribution >= 0.6 is 0 Å². The van der Waals surface area contributed by atoms with Gasteiger partial charge in [0.15, 0.2) is 0 Å². The molecule has 0 bridgehead atoms. The van der Waals surface area contributed by atoms with E-state index < -0.39 is 20.2 Å². The van der Waals surface area contributed by atoms with E-state index in [0.29, 0.717) is 47.0 Å². The third kappa shape index (κ3) is 18.6. The summed E-state index contributed by atoms with van der Waals surface area (Å²) in [5.41, 5.74) is 1.09. The normalized spacial score (nSPS) is 11.2. The summed E-state index contributed by atoms with van der Waals surface area (Å²) in [5, 5.41) is 0. The summed E-state index contributed by atoms with van der Waals surface area (Å²) in [6.07, 6.45) is 17.1. The molecular formula is C42H54CaO8S2. The van der Waals surface area contributed by atoms with Gasteiger partial charge in [-0.05, 0) is 97.5 Å². The van der Waals surface area contributed by atoms with Gasteiger partial charge in [-0.2, -0.15) is 0 Å². The van der Waals surface area contributed by atoms with E-state index in [1.807, 2.05) is 60.7 Å². The summed E-state index contributed by atoms with van der Waals surface area (Å²) in [6.45, 7) is 4.38. The quantitative estimate of drug-likeness (QED) is 0.0436. The topological polar surface area (TPSA) is 133 Å². The first-order chi connectivity index (χ1) is 25.0. The van der Waals surface area contributed by atoms with Crippen LogP contribution in [0.25, 0.3) is 0 Å². The fourth-order valence-electron chi connectivity index (χ4n) is 5.91. The Kier molecular flexibility index (Phi) is 22.6. The largest absolute Gasteiger partial charge is 2.00 e. The van der Waals surface area contributed by atoms with Crippen molar-refractivity contribution in [3.05, 3.63) is 108 Å². The second kappa shape index (κ2) is 25.6. The molecule has 0 radical (unpaired) electrons. The molecule has 0 aliphatic heterocycles. The van der Waals surface area contributed by atoms with Crippen LogP contribution in [0.3, 0.4) is 0 Å². The minimum Gasteiger partial charge on any atom is -0.744 e. The summed E-state index contributed by atoms with van der Waals surface area (Å²) in [6, 6.07) is 27.7. The van der Waals surface area contributed by atoms with Crippen LogP contribution < -0.4 is 9.47 Å². The molecule has 0 saturated carbocycles. The molecule has 0 aliphatic rings. The number of ether oxygens (including phenoxy) is 2. The van der Waals surface area contributed by atoms with Gasteiger partial charge < -0.3 is 18.6 Å². The van der Waals surface area contributed by atoms with Gasteiger partial charge in [-0.25, -0.2) is 16.8 Å². The van der Waals surface area contributed by atoms with Crippen LogP contribution in [-0.4, -0.2) is 63.7 Å². The Morgan fingerprint density at radius 2 is 0.755 bits per heavy atom. The van der Waals surface area contributed by atoms with Crippen molar-refractivity contribution in [1.82, 2.24) is 0 Å². The molecular weight excluding hydrogens is 737 g/mol. The van der Waals surface area contributed by atoms with Gasteiger partial charge in [0.25, 0.3) is 0 Å². The van der Waals surface area contributed by atoms with E-state index >= 15 is 0 Å². The third-order valence-electron chi connectivity index (χ3n) is 8.66. The molecule has 4 rings (SSSR count). The van der Waals surface area contributed by atoms with E-state index in [1.54, 1.807) is 12.1 Å². The average molecular weight is 791 g/mol. The van der Waals surface area contributed by atoms with Crippen LogP contribution in [0.5, 0.6) is 23.0 Å². The third-order valence-corrected chi connectivity index (χ3v) is 10.5. The van der Waals surface area contributed by atoms with Crippen molar-refractivity contribution in [1.29, 1.82) is 0 Å². The first-order valence-electron chi connectivity index (χ1n) is 18.6. The maximum atomic E-state index is 11.5. The second-order valence-corrected chi connectivity index (χ2v) is 15.7. The fourth-order valence-corrected chi connectivity index (χ4v) is 7.35. The van der Waals surface area contributed by atoms with Gasteiger partial charge in [0.05, 0.1) is 9.79 Å². The SMILES string of the molecule is CCCCCCCCCc1cc(Oc2ccccc2)ccc1S(=O)(=O)[O-].CCCCCCCCCc1cc(Oc2ccccc2)ccc1S(=O)(=O)[O-].[Ca+2]. The number of rotatable bonds is 22. The molecule has 0 aromatic heterocycles. The predicted molar refractivity (Wildman–Crippen MR) is 211 cm³/mol. The first-order valence-corrected chi connectivity index (χ1v) is 21.5. The Balaban J connectivity index is 0.000000360. The van der Waals surface area contributed by atoms with E-state index in [1.165, 1.54) is 75.6 Å². The molecule has 11 heteroatoms. The summed E-state index contributed by atoms with van der Waals surface area (Å²) >= 11 is 0. The summed E-state index contributed by atoms with van der Waals surface area (Å²) < 4.78 is 80.7. The van der Waals surface area contributed by atoms with Gasteiger partial charge >= 0.3 is 37.7 Å². The monoisotopic (exact) mass is 790 g/mol. The zero-order valence-corrected chi connectivity index (χ0v) is 35.2. The van der Waals surface area contributed by atoms with Crippen LogP contribution in [0, 0.1) is 0 Å². The van der Waals surface area contributed by atoms with Crippen LogP contribution in [0.1, 0.15) is 115 Å². The van der Waals surface area contributed by atoms with Crippen LogP contribution in [-0.2, 0) is 33.1 Å². The van der Waals surface area contributed by atoms with Crippen molar-refractivity contribution in [2.75, 3.05) is 0 Å². The minimum atomic E-state index is -4.48. The van der Waals surface area contributed by atoms with Crippen LogP contribution in [0.2, 0.25) is 0 Å². The Morgan fingerprint density at radius 3 is 1.08 bits per heavy atom. The maximum Gasteiger partial charge on any atom is 2.00 e. The molecule has 4 aromatic carbocycles. The Bertz CT molecular complexity index is 1680. The molecule has 0 atom stereocenters. The second-order valence-electron chi connectivity index (χ2n) is 13.0. The van der Waals surface area contributed by atoms with Crippen LogP contribution in [0.15, 0.2) is 107 Å². The molecule has 0 amide bonds. The molecule has 53 heavy (non-hydrogen) atoms. The van der Waals surface area contributed by atoms with Gasteiger partial charge in [-0.15, -0.1) is 0 Å². The van der Waals surface area contributed by atoms with E-state index in [4.69, 9.17) is 9.47 Å². The number of hydrogen-bond acceptors (Lipinski definition) is 8. The maximum absolute atomic E-state index is 11.5. The van der Waals surface area contributed by atoms with Gasteiger partial charge in [-0.3, -0.25) is 0 Å². The van der Waals surface area contributed by atoms with Crippen molar-refractivity contribution in [3.8, 4) is 23.0 Å². The molecule has 0 unspecified atom stereocenters. The Morgan fingerprint density at radius 1 is 0.434 bits per heavy atom. The summed E-state index contributed by atoms with van der Waals surface area (Å²) in [5.74, 6) is 2.43. The predicted octanol–water partition coefficient (Wildman–Crippen LogP) is 11.0. The van der Waals surface area contributed by atoms with Crippen molar-refractivity contribution in [2.24, 2.45) is 0 Å². The van der Waals surface area contributed by atoms with E-state index in [0.717, 1.165) is 38.5 Å². The molecule has 0 N–H and O–H groups in total. The molecule has 0 spiro atoms. The fraction of sp³-hybridized carbons (Fsp3) is 0.429.